The molecule has 0 spiro atoms. The Balaban J connectivity index is 2.42. The van der Waals surface area contributed by atoms with Gasteiger partial charge in [0.1, 0.15) is 5.82 Å². The van der Waals surface area contributed by atoms with Crippen molar-refractivity contribution in [3.05, 3.63) is 50.3 Å². The molecule has 8 nitrogen and oxygen atoms in total. The van der Waals surface area contributed by atoms with E-state index < -0.39 is 27.2 Å². The van der Waals surface area contributed by atoms with E-state index in [4.69, 9.17) is 17.3 Å². The van der Waals surface area contributed by atoms with Gasteiger partial charge in [-0.05, 0) is 24.6 Å². The highest BCUT2D eigenvalue weighted by Crippen LogP contribution is 2.31. The summed E-state index contributed by atoms with van der Waals surface area (Å²) in [5.41, 5.74) is 5.37. The number of aromatic nitrogens is 1. The van der Waals surface area contributed by atoms with Crippen molar-refractivity contribution in [3.8, 4) is 5.69 Å². The monoisotopic (exact) mass is 381 g/mol. The van der Waals surface area contributed by atoms with Gasteiger partial charge in [-0.25, -0.2) is 8.42 Å². The Bertz CT molecular complexity index is 1130. The number of halogens is 1. The van der Waals surface area contributed by atoms with Crippen LogP contribution in [0.4, 0.5) is 5.82 Å². The summed E-state index contributed by atoms with van der Waals surface area (Å²) in [6.45, 7) is 1.57. The second-order valence-electron chi connectivity index (χ2n) is 5.62. The molecular formula is C15H12ClN3O5S. The van der Waals surface area contributed by atoms with Crippen molar-refractivity contribution in [3.63, 3.8) is 0 Å². The Hall–Kier alpha value is -2.65. The van der Waals surface area contributed by atoms with Gasteiger partial charge in [-0.15, -0.1) is 0 Å². The van der Waals surface area contributed by atoms with Crippen LogP contribution in [0.2, 0.25) is 5.02 Å². The number of sulfone groups is 1. The average Bonchev–Trinajstić information content (AvgIpc) is 2.76. The minimum absolute atomic E-state index is 0.0135. The van der Waals surface area contributed by atoms with Crippen LogP contribution < -0.4 is 16.6 Å². The highest BCUT2D eigenvalue weighted by molar-refractivity contribution is 7.90. The third kappa shape index (κ3) is 2.61. The van der Waals surface area contributed by atoms with Gasteiger partial charge in [0.15, 0.2) is 9.84 Å². The van der Waals surface area contributed by atoms with Gasteiger partial charge in [0.05, 0.1) is 26.7 Å². The average molecular weight is 382 g/mol. The molecule has 0 saturated carbocycles. The number of nitrogens with one attached hydrogen (secondary N) is 1. The lowest BCUT2D eigenvalue weighted by atomic mass is 10.1. The molecule has 0 aliphatic carbocycles. The van der Waals surface area contributed by atoms with E-state index in [0.717, 1.165) is 16.9 Å². The number of carbonyl (C=O) groups excluding carboxylic acids is 2. The molecule has 0 fully saturated rings. The van der Waals surface area contributed by atoms with Crippen molar-refractivity contribution in [2.75, 3.05) is 12.0 Å². The van der Waals surface area contributed by atoms with Crippen molar-refractivity contribution in [1.82, 2.24) is 9.88 Å². The summed E-state index contributed by atoms with van der Waals surface area (Å²) >= 11 is 6.23. The molecule has 1 aromatic carbocycles. The molecule has 1 aromatic heterocycles. The van der Waals surface area contributed by atoms with E-state index in [1.807, 2.05) is 0 Å². The minimum atomic E-state index is -3.58. The number of imide groups is 1. The van der Waals surface area contributed by atoms with Crippen LogP contribution in [0.15, 0.2) is 27.9 Å². The lowest BCUT2D eigenvalue weighted by Crippen LogP contribution is -2.24. The van der Waals surface area contributed by atoms with E-state index in [9.17, 15) is 22.8 Å². The summed E-state index contributed by atoms with van der Waals surface area (Å²) in [6, 6.07) is 3.53. The lowest BCUT2D eigenvalue weighted by molar-refractivity contribution is 0.0880. The highest BCUT2D eigenvalue weighted by atomic mass is 35.5. The zero-order valence-electron chi connectivity index (χ0n) is 13.1. The molecule has 10 heteroatoms. The van der Waals surface area contributed by atoms with Gasteiger partial charge >= 0.3 is 0 Å². The second kappa shape index (κ2) is 5.43. The molecule has 2 heterocycles. The molecule has 0 atom stereocenters. The predicted molar refractivity (Wildman–Crippen MR) is 91.1 cm³/mol. The Morgan fingerprint density at radius 1 is 1.12 bits per heavy atom. The standard InChI is InChI=1S/C15H12ClN3O5S/c1-6-3-7(25(2,23)24)4-9(12(6)16)19-10(20)5-8-11(13(19)17)15(22)18-14(8)21/h3-5H,17H2,1-2H3,(H,18,21,22). The number of amides is 2. The Morgan fingerprint density at radius 3 is 2.36 bits per heavy atom. The molecule has 2 amide bonds. The van der Waals surface area contributed by atoms with Crippen molar-refractivity contribution in [2.24, 2.45) is 0 Å². The molecule has 1 aliphatic heterocycles. The molecule has 0 unspecified atom stereocenters. The highest BCUT2D eigenvalue weighted by Gasteiger charge is 2.32. The first-order valence-corrected chi connectivity index (χ1v) is 9.21. The fraction of sp³-hybridized carbons (Fsp3) is 0.133. The minimum Gasteiger partial charge on any atom is -0.384 e. The fourth-order valence-electron chi connectivity index (χ4n) is 2.62. The number of hydrogen-bond donors (Lipinski definition) is 2. The van der Waals surface area contributed by atoms with E-state index in [1.165, 1.54) is 12.1 Å². The van der Waals surface area contributed by atoms with E-state index in [2.05, 4.69) is 5.32 Å². The van der Waals surface area contributed by atoms with Crippen molar-refractivity contribution < 1.29 is 18.0 Å². The van der Waals surface area contributed by atoms with E-state index in [1.54, 1.807) is 6.92 Å². The molecule has 0 bridgehead atoms. The van der Waals surface area contributed by atoms with Gasteiger partial charge in [0.2, 0.25) is 0 Å². The van der Waals surface area contributed by atoms with E-state index in [-0.39, 0.29) is 32.6 Å². The fourth-order valence-corrected chi connectivity index (χ4v) is 3.53. The van der Waals surface area contributed by atoms with Crippen molar-refractivity contribution in [1.29, 1.82) is 0 Å². The van der Waals surface area contributed by atoms with Crippen LogP contribution in [-0.4, -0.2) is 31.1 Å². The summed E-state index contributed by atoms with van der Waals surface area (Å²) in [7, 11) is -3.58. The number of pyridine rings is 1. The first kappa shape index (κ1) is 17.2. The number of nitrogens with two attached hydrogens (primary N) is 1. The van der Waals surface area contributed by atoms with Crippen LogP contribution in [0.25, 0.3) is 5.69 Å². The summed E-state index contributed by atoms with van der Waals surface area (Å²) in [6.07, 6.45) is 1.01. The van der Waals surface area contributed by atoms with Gasteiger partial charge in [-0.2, -0.15) is 0 Å². The van der Waals surface area contributed by atoms with Gasteiger partial charge < -0.3 is 5.73 Å². The van der Waals surface area contributed by atoms with E-state index >= 15 is 0 Å². The van der Waals surface area contributed by atoms with Crippen LogP contribution in [0.5, 0.6) is 0 Å². The third-order valence-corrected chi connectivity index (χ3v) is 5.41. The van der Waals surface area contributed by atoms with Crippen molar-refractivity contribution >= 4 is 39.1 Å². The van der Waals surface area contributed by atoms with Gasteiger partial charge in [-0.1, -0.05) is 11.6 Å². The number of carbonyl (C=O) groups is 2. The maximum Gasteiger partial charge on any atom is 0.262 e. The van der Waals surface area contributed by atoms with Crippen LogP contribution in [0, 0.1) is 6.92 Å². The first-order chi connectivity index (χ1) is 11.5. The quantitative estimate of drug-likeness (QED) is 0.735. The number of rotatable bonds is 2. The topological polar surface area (TPSA) is 128 Å². The smallest absolute Gasteiger partial charge is 0.262 e. The summed E-state index contributed by atoms with van der Waals surface area (Å²) in [4.78, 5) is 36.0. The SMILES string of the molecule is Cc1cc(S(C)(=O)=O)cc(-n2c(N)c3c(cc2=O)C(=O)NC3=O)c1Cl. The molecule has 3 rings (SSSR count). The number of nitrogens with zero attached hydrogens (tertiary/aromatic N) is 1. The number of hydrogen-bond acceptors (Lipinski definition) is 6. The van der Waals surface area contributed by atoms with Crippen LogP contribution >= 0.6 is 11.6 Å². The molecule has 130 valence electrons. The number of anilines is 1. The van der Waals surface area contributed by atoms with Gasteiger partial charge in [-0.3, -0.25) is 24.3 Å². The molecule has 0 radical (unpaired) electrons. The number of aryl methyl sites for hydroxylation is 1. The normalized spacial score (nSPS) is 13.7. The van der Waals surface area contributed by atoms with E-state index in [0.29, 0.717) is 5.56 Å². The zero-order chi connectivity index (χ0) is 18.7. The Kier molecular flexibility index (Phi) is 3.73. The van der Waals surface area contributed by atoms with Crippen LogP contribution in [0.1, 0.15) is 26.3 Å². The lowest BCUT2D eigenvalue weighted by Gasteiger charge is -2.15. The molecule has 2 aromatic rings. The maximum absolute atomic E-state index is 12.5. The van der Waals surface area contributed by atoms with Crippen LogP contribution in [-0.2, 0) is 9.84 Å². The maximum atomic E-state index is 12.5. The molecule has 0 saturated heterocycles. The van der Waals surface area contributed by atoms with Crippen LogP contribution in [0.3, 0.4) is 0 Å². The first-order valence-electron chi connectivity index (χ1n) is 6.94. The number of nitrogen functional groups attached to an aromatic ring is 1. The third-order valence-electron chi connectivity index (χ3n) is 3.83. The molecule has 25 heavy (non-hydrogen) atoms. The van der Waals surface area contributed by atoms with Crippen molar-refractivity contribution in [2.45, 2.75) is 11.8 Å². The molecule has 1 aliphatic rings. The molecular weight excluding hydrogens is 370 g/mol. The summed E-state index contributed by atoms with van der Waals surface area (Å²) < 4.78 is 24.6. The Labute approximate surface area is 147 Å². The summed E-state index contributed by atoms with van der Waals surface area (Å²) in [5, 5.41) is 2.15. The number of fused-ring (bicyclic) bond motifs is 1. The van der Waals surface area contributed by atoms with Gasteiger partial charge in [0, 0.05) is 12.3 Å². The zero-order valence-corrected chi connectivity index (χ0v) is 14.7. The number of benzene rings is 1. The molecule has 3 N–H and O–H groups in total. The predicted octanol–water partition coefficient (Wildman–Crippen LogP) is 0.669. The largest absolute Gasteiger partial charge is 0.384 e. The second-order valence-corrected chi connectivity index (χ2v) is 8.01. The summed E-state index contributed by atoms with van der Waals surface area (Å²) in [5.74, 6) is -1.75. The van der Waals surface area contributed by atoms with Gasteiger partial charge in [0.25, 0.3) is 17.4 Å². The Morgan fingerprint density at radius 2 is 1.76 bits per heavy atom.